The normalized spacial score (nSPS) is 10.1. The van der Waals surface area contributed by atoms with E-state index in [-0.39, 0.29) is 11.8 Å². The number of unbranched alkanes of at least 4 members (excludes halogenated alkanes) is 3. The summed E-state index contributed by atoms with van der Waals surface area (Å²) in [7, 11) is 1.55. The Morgan fingerprint density at radius 1 is 1.09 bits per heavy atom. The summed E-state index contributed by atoms with van der Waals surface area (Å²) in [5.74, 6) is 0.349. The van der Waals surface area contributed by atoms with E-state index in [2.05, 4.69) is 10.6 Å². The smallest absolute Gasteiger partial charge is 0.224 e. The van der Waals surface area contributed by atoms with Crippen LogP contribution in [-0.2, 0) is 9.59 Å². The third-order valence-corrected chi connectivity index (χ3v) is 3.17. The van der Waals surface area contributed by atoms with E-state index in [1.807, 2.05) is 0 Å². The molecule has 2 amide bonds. The van der Waals surface area contributed by atoms with Crippen LogP contribution in [-0.4, -0.2) is 25.5 Å². The molecule has 0 aliphatic carbocycles. The first kappa shape index (κ1) is 18.0. The Hall–Kier alpha value is -2.08. The van der Waals surface area contributed by atoms with Crippen molar-refractivity contribution in [3.05, 3.63) is 18.2 Å². The number of carbonyl (C=O) groups excluding carboxylic acids is 2. The molecule has 0 aliphatic rings. The standard InChI is InChI=1S/C16H25N3O3/c1-12(20)18-14-9-8-13(22-2)11-15(14)19-16(21)7-5-3-4-6-10-17/h8-9,11H,3-7,10,17H2,1-2H3,(H,18,20)(H,19,21). The van der Waals surface area contributed by atoms with E-state index in [1.54, 1.807) is 25.3 Å². The highest BCUT2D eigenvalue weighted by molar-refractivity contribution is 5.99. The summed E-state index contributed by atoms with van der Waals surface area (Å²) in [4.78, 5) is 23.2. The Bertz CT molecular complexity index is 503. The van der Waals surface area contributed by atoms with Crippen LogP contribution in [0.25, 0.3) is 0 Å². The number of hydrogen-bond donors (Lipinski definition) is 3. The van der Waals surface area contributed by atoms with E-state index in [1.165, 1.54) is 6.92 Å². The average molecular weight is 307 g/mol. The second kappa shape index (κ2) is 9.78. The third-order valence-electron chi connectivity index (χ3n) is 3.17. The summed E-state index contributed by atoms with van der Waals surface area (Å²) in [5.41, 5.74) is 6.53. The van der Waals surface area contributed by atoms with Crippen LogP contribution in [0.2, 0.25) is 0 Å². The number of hydrogen-bond acceptors (Lipinski definition) is 4. The predicted molar refractivity (Wildman–Crippen MR) is 88.1 cm³/mol. The number of nitrogens with one attached hydrogen (secondary N) is 2. The second-order valence-corrected chi connectivity index (χ2v) is 5.09. The van der Waals surface area contributed by atoms with Gasteiger partial charge in [-0.15, -0.1) is 0 Å². The number of nitrogens with two attached hydrogens (primary N) is 1. The maximum atomic E-state index is 12.0. The summed E-state index contributed by atoms with van der Waals surface area (Å²) in [6, 6.07) is 5.13. The third kappa shape index (κ3) is 6.58. The second-order valence-electron chi connectivity index (χ2n) is 5.09. The number of ether oxygens (including phenoxy) is 1. The first-order valence-electron chi connectivity index (χ1n) is 7.52. The first-order chi connectivity index (χ1) is 10.6. The Kier molecular flexibility index (Phi) is 7.99. The minimum Gasteiger partial charge on any atom is -0.497 e. The van der Waals surface area contributed by atoms with Gasteiger partial charge in [0.05, 0.1) is 18.5 Å². The van der Waals surface area contributed by atoms with Gasteiger partial charge in [0, 0.05) is 19.4 Å². The molecule has 1 aromatic carbocycles. The Morgan fingerprint density at radius 3 is 2.45 bits per heavy atom. The Labute approximate surface area is 131 Å². The van der Waals surface area contributed by atoms with Crippen LogP contribution >= 0.6 is 0 Å². The van der Waals surface area contributed by atoms with Gasteiger partial charge in [-0.25, -0.2) is 0 Å². The van der Waals surface area contributed by atoms with Crippen molar-refractivity contribution >= 4 is 23.2 Å². The maximum absolute atomic E-state index is 12.0. The zero-order chi connectivity index (χ0) is 16.4. The number of rotatable bonds is 9. The fourth-order valence-corrected chi connectivity index (χ4v) is 2.05. The largest absolute Gasteiger partial charge is 0.497 e. The summed E-state index contributed by atoms with van der Waals surface area (Å²) < 4.78 is 5.15. The molecule has 0 bridgehead atoms. The SMILES string of the molecule is COc1ccc(NC(C)=O)c(NC(=O)CCCCCCN)c1. The van der Waals surface area contributed by atoms with Gasteiger partial charge in [0.15, 0.2) is 0 Å². The van der Waals surface area contributed by atoms with Gasteiger partial charge >= 0.3 is 0 Å². The van der Waals surface area contributed by atoms with Gasteiger partial charge in [-0.1, -0.05) is 12.8 Å². The fourth-order valence-electron chi connectivity index (χ4n) is 2.05. The van der Waals surface area contributed by atoms with Gasteiger partial charge in [0.1, 0.15) is 5.75 Å². The molecule has 0 saturated heterocycles. The lowest BCUT2D eigenvalue weighted by atomic mass is 10.1. The molecule has 22 heavy (non-hydrogen) atoms. The molecule has 0 spiro atoms. The predicted octanol–water partition coefficient (Wildman–Crippen LogP) is 2.50. The Morgan fingerprint density at radius 2 is 1.82 bits per heavy atom. The molecular formula is C16H25N3O3. The molecule has 0 unspecified atom stereocenters. The van der Waals surface area contributed by atoms with Crippen molar-refractivity contribution in [2.24, 2.45) is 5.73 Å². The van der Waals surface area contributed by atoms with Crippen LogP contribution < -0.4 is 21.1 Å². The molecule has 6 heteroatoms. The van der Waals surface area contributed by atoms with E-state index >= 15 is 0 Å². The molecule has 0 radical (unpaired) electrons. The highest BCUT2D eigenvalue weighted by Gasteiger charge is 2.09. The van der Waals surface area contributed by atoms with E-state index in [0.717, 1.165) is 25.7 Å². The average Bonchev–Trinajstić information content (AvgIpc) is 2.48. The fraction of sp³-hybridized carbons (Fsp3) is 0.500. The van der Waals surface area contributed by atoms with Crippen molar-refractivity contribution < 1.29 is 14.3 Å². The van der Waals surface area contributed by atoms with Crippen molar-refractivity contribution in [2.75, 3.05) is 24.3 Å². The van der Waals surface area contributed by atoms with Crippen LogP contribution in [0.1, 0.15) is 39.0 Å². The first-order valence-corrected chi connectivity index (χ1v) is 7.52. The molecule has 6 nitrogen and oxygen atoms in total. The molecule has 0 aromatic heterocycles. The lowest BCUT2D eigenvalue weighted by Gasteiger charge is -2.13. The number of anilines is 2. The van der Waals surface area contributed by atoms with Crippen LogP contribution in [0, 0.1) is 0 Å². The van der Waals surface area contributed by atoms with Crippen LogP contribution in [0.5, 0.6) is 5.75 Å². The monoisotopic (exact) mass is 307 g/mol. The van der Waals surface area contributed by atoms with Crippen molar-refractivity contribution in [3.63, 3.8) is 0 Å². The lowest BCUT2D eigenvalue weighted by molar-refractivity contribution is -0.116. The van der Waals surface area contributed by atoms with Crippen LogP contribution in [0.15, 0.2) is 18.2 Å². The lowest BCUT2D eigenvalue weighted by Crippen LogP contribution is -2.15. The molecular weight excluding hydrogens is 282 g/mol. The molecule has 0 fully saturated rings. The maximum Gasteiger partial charge on any atom is 0.224 e. The number of methoxy groups -OCH3 is 1. The zero-order valence-electron chi connectivity index (χ0n) is 13.3. The van der Waals surface area contributed by atoms with Crippen LogP contribution in [0.4, 0.5) is 11.4 Å². The van der Waals surface area contributed by atoms with Crippen molar-refractivity contribution in [2.45, 2.75) is 39.0 Å². The van der Waals surface area contributed by atoms with Crippen LogP contribution in [0.3, 0.4) is 0 Å². The zero-order valence-corrected chi connectivity index (χ0v) is 13.3. The summed E-state index contributed by atoms with van der Waals surface area (Å²) in [5, 5.41) is 5.51. The topological polar surface area (TPSA) is 93.5 Å². The molecule has 4 N–H and O–H groups in total. The number of amides is 2. The van der Waals surface area contributed by atoms with E-state index < -0.39 is 0 Å². The highest BCUT2D eigenvalue weighted by atomic mass is 16.5. The summed E-state index contributed by atoms with van der Waals surface area (Å²) >= 11 is 0. The molecule has 0 atom stereocenters. The van der Waals surface area contributed by atoms with Gasteiger partial charge in [-0.3, -0.25) is 9.59 Å². The van der Waals surface area contributed by atoms with Crippen molar-refractivity contribution in [1.82, 2.24) is 0 Å². The molecule has 1 rings (SSSR count). The van der Waals surface area contributed by atoms with Crippen molar-refractivity contribution in [1.29, 1.82) is 0 Å². The molecule has 1 aromatic rings. The van der Waals surface area contributed by atoms with E-state index in [9.17, 15) is 9.59 Å². The molecule has 122 valence electrons. The van der Waals surface area contributed by atoms with Gasteiger partial charge in [0.2, 0.25) is 11.8 Å². The van der Waals surface area contributed by atoms with Gasteiger partial charge in [0.25, 0.3) is 0 Å². The molecule has 0 aliphatic heterocycles. The summed E-state index contributed by atoms with van der Waals surface area (Å²) in [6.07, 6.45) is 4.29. The number of carbonyl (C=O) groups is 2. The minimum atomic E-state index is -0.192. The summed E-state index contributed by atoms with van der Waals surface area (Å²) in [6.45, 7) is 2.11. The minimum absolute atomic E-state index is 0.0763. The molecule has 0 heterocycles. The number of benzene rings is 1. The highest BCUT2D eigenvalue weighted by Crippen LogP contribution is 2.27. The Balaban J connectivity index is 2.61. The van der Waals surface area contributed by atoms with Gasteiger partial charge in [-0.2, -0.15) is 0 Å². The van der Waals surface area contributed by atoms with E-state index in [4.69, 9.17) is 10.5 Å². The van der Waals surface area contributed by atoms with Gasteiger partial charge in [-0.05, 0) is 31.5 Å². The van der Waals surface area contributed by atoms with Gasteiger partial charge < -0.3 is 21.1 Å². The molecule has 0 saturated carbocycles. The van der Waals surface area contributed by atoms with E-state index in [0.29, 0.717) is 30.1 Å². The van der Waals surface area contributed by atoms with Crippen molar-refractivity contribution in [3.8, 4) is 5.75 Å². The quantitative estimate of drug-likeness (QED) is 0.611.